The Kier molecular flexibility index (Phi) is 2.83. The van der Waals surface area contributed by atoms with Crippen LogP contribution in [0.3, 0.4) is 0 Å². The average molecular weight is 201 g/mol. The summed E-state index contributed by atoms with van der Waals surface area (Å²) in [6, 6.07) is 4.12. The summed E-state index contributed by atoms with van der Waals surface area (Å²) < 4.78 is 0. The first-order valence-electron chi connectivity index (χ1n) is 5.14. The van der Waals surface area contributed by atoms with Crippen LogP contribution in [0.25, 0.3) is 0 Å². The van der Waals surface area contributed by atoms with Crippen LogP contribution in [0.4, 0.5) is 5.82 Å². The lowest BCUT2D eigenvalue weighted by Gasteiger charge is -2.14. The standard InChI is InChI=1S/C12H15N3/c1-3-10-5-6-12(13-7-10)15-9-11(4-2)8-14-15/h4-7,9,14H,2-3,8H2,1H3. The Morgan fingerprint density at radius 2 is 2.47 bits per heavy atom. The van der Waals surface area contributed by atoms with Gasteiger partial charge in [0.15, 0.2) is 0 Å². The number of pyridine rings is 1. The number of hydrogen-bond acceptors (Lipinski definition) is 3. The molecule has 0 bridgehead atoms. The van der Waals surface area contributed by atoms with E-state index in [9.17, 15) is 0 Å². The fourth-order valence-corrected chi connectivity index (χ4v) is 1.47. The number of aryl methyl sites for hydroxylation is 1. The molecule has 0 aliphatic carbocycles. The van der Waals surface area contributed by atoms with Crippen LogP contribution < -0.4 is 10.4 Å². The van der Waals surface area contributed by atoms with E-state index in [-0.39, 0.29) is 0 Å². The van der Waals surface area contributed by atoms with E-state index in [1.165, 1.54) is 11.1 Å². The van der Waals surface area contributed by atoms with Crippen LogP contribution in [-0.2, 0) is 6.42 Å². The summed E-state index contributed by atoms with van der Waals surface area (Å²) in [5.41, 5.74) is 5.65. The third-order valence-electron chi connectivity index (χ3n) is 2.47. The number of hydrogen-bond donors (Lipinski definition) is 1. The van der Waals surface area contributed by atoms with E-state index >= 15 is 0 Å². The molecule has 0 fully saturated rings. The van der Waals surface area contributed by atoms with Crippen molar-refractivity contribution in [1.82, 2.24) is 10.4 Å². The van der Waals surface area contributed by atoms with Crippen LogP contribution in [-0.4, -0.2) is 11.5 Å². The maximum Gasteiger partial charge on any atom is 0.146 e. The monoisotopic (exact) mass is 201 g/mol. The van der Waals surface area contributed by atoms with Crippen LogP contribution in [0.2, 0.25) is 0 Å². The SMILES string of the molecule is C=CC1=CN(c2ccc(CC)cn2)NC1. The second-order valence-corrected chi connectivity index (χ2v) is 3.49. The van der Waals surface area contributed by atoms with Gasteiger partial charge in [-0.05, 0) is 23.6 Å². The van der Waals surface area contributed by atoms with Gasteiger partial charge in [-0.1, -0.05) is 25.6 Å². The van der Waals surface area contributed by atoms with Crippen LogP contribution in [0.5, 0.6) is 0 Å². The van der Waals surface area contributed by atoms with Gasteiger partial charge >= 0.3 is 0 Å². The highest BCUT2D eigenvalue weighted by Gasteiger charge is 2.11. The Bertz CT molecular complexity index is 378. The molecule has 0 radical (unpaired) electrons. The summed E-state index contributed by atoms with van der Waals surface area (Å²) in [6.07, 6.45) is 6.81. The normalized spacial score (nSPS) is 15.3. The first-order chi connectivity index (χ1) is 7.33. The third-order valence-corrected chi connectivity index (χ3v) is 2.47. The van der Waals surface area contributed by atoms with Crippen molar-refractivity contribution in [1.29, 1.82) is 0 Å². The van der Waals surface area contributed by atoms with Gasteiger partial charge in [0.2, 0.25) is 0 Å². The smallest absolute Gasteiger partial charge is 0.146 e. The Labute approximate surface area is 90.1 Å². The van der Waals surface area contributed by atoms with E-state index in [0.717, 1.165) is 18.8 Å². The minimum absolute atomic E-state index is 0.820. The van der Waals surface area contributed by atoms with E-state index in [1.54, 1.807) is 0 Å². The lowest BCUT2D eigenvalue weighted by molar-refractivity contribution is 0.794. The zero-order chi connectivity index (χ0) is 10.7. The minimum Gasteiger partial charge on any atom is -0.266 e. The zero-order valence-electron chi connectivity index (χ0n) is 8.90. The van der Waals surface area contributed by atoms with Gasteiger partial charge < -0.3 is 0 Å². The van der Waals surface area contributed by atoms with E-state index < -0.39 is 0 Å². The number of hydrazine groups is 1. The van der Waals surface area contributed by atoms with E-state index in [1.807, 2.05) is 29.5 Å². The summed E-state index contributed by atoms with van der Waals surface area (Å²) in [7, 11) is 0. The molecule has 2 rings (SSSR count). The highest BCUT2D eigenvalue weighted by atomic mass is 15.5. The molecule has 0 atom stereocenters. The Hall–Kier alpha value is -1.61. The van der Waals surface area contributed by atoms with Crippen LogP contribution in [0.15, 0.2) is 42.8 Å². The highest BCUT2D eigenvalue weighted by Crippen LogP contribution is 2.15. The van der Waals surface area contributed by atoms with Gasteiger partial charge in [-0.25, -0.2) is 10.4 Å². The minimum atomic E-state index is 0.820. The summed E-state index contributed by atoms with van der Waals surface area (Å²) in [5.74, 6) is 0.920. The molecule has 1 aromatic rings. The lowest BCUT2D eigenvalue weighted by Crippen LogP contribution is -2.29. The molecule has 78 valence electrons. The van der Waals surface area contributed by atoms with Gasteiger partial charge in [0.1, 0.15) is 5.82 Å². The van der Waals surface area contributed by atoms with E-state index in [2.05, 4.69) is 30.0 Å². The molecule has 3 nitrogen and oxygen atoms in total. The number of aromatic nitrogens is 1. The molecule has 3 heteroatoms. The highest BCUT2D eigenvalue weighted by molar-refractivity contribution is 5.46. The molecule has 0 saturated carbocycles. The molecule has 1 N–H and O–H groups in total. The van der Waals surface area contributed by atoms with Crippen LogP contribution in [0, 0.1) is 0 Å². The molecule has 15 heavy (non-hydrogen) atoms. The molecular formula is C12H15N3. The molecule has 1 aliphatic rings. The second-order valence-electron chi connectivity index (χ2n) is 3.49. The molecule has 0 saturated heterocycles. The predicted octanol–water partition coefficient (Wildman–Crippen LogP) is 2.04. The molecule has 0 amide bonds. The fraction of sp³-hybridized carbons (Fsp3) is 0.250. The molecule has 0 aromatic carbocycles. The van der Waals surface area contributed by atoms with E-state index in [0.29, 0.717) is 0 Å². The van der Waals surface area contributed by atoms with Crippen molar-refractivity contribution in [2.75, 3.05) is 11.6 Å². The van der Waals surface area contributed by atoms with Gasteiger partial charge in [0.25, 0.3) is 0 Å². The number of nitrogens with zero attached hydrogens (tertiary/aromatic N) is 2. The summed E-state index contributed by atoms with van der Waals surface area (Å²) in [5, 5.41) is 1.93. The maximum absolute atomic E-state index is 4.38. The topological polar surface area (TPSA) is 28.2 Å². The van der Waals surface area contributed by atoms with Crippen molar-refractivity contribution >= 4 is 5.82 Å². The third kappa shape index (κ3) is 2.07. The van der Waals surface area contributed by atoms with Crippen molar-refractivity contribution in [2.24, 2.45) is 0 Å². The number of anilines is 1. The fourth-order valence-electron chi connectivity index (χ4n) is 1.47. The van der Waals surface area contributed by atoms with Crippen LogP contribution >= 0.6 is 0 Å². The molecule has 0 spiro atoms. The van der Waals surface area contributed by atoms with Crippen molar-refractivity contribution < 1.29 is 0 Å². The summed E-state index contributed by atoms with van der Waals surface area (Å²) in [6.45, 7) is 6.69. The quantitative estimate of drug-likeness (QED) is 0.811. The Morgan fingerprint density at radius 3 is 3.00 bits per heavy atom. The predicted molar refractivity (Wildman–Crippen MR) is 62.4 cm³/mol. The van der Waals surface area contributed by atoms with Gasteiger partial charge in [0, 0.05) is 18.9 Å². The van der Waals surface area contributed by atoms with Crippen molar-refractivity contribution in [3.05, 3.63) is 48.3 Å². The van der Waals surface area contributed by atoms with Crippen molar-refractivity contribution in [3.8, 4) is 0 Å². The molecule has 1 aromatic heterocycles. The van der Waals surface area contributed by atoms with Gasteiger partial charge in [0.05, 0.1) is 0 Å². The first kappa shape index (κ1) is 9.93. The average Bonchev–Trinajstić information content (AvgIpc) is 2.78. The number of nitrogens with one attached hydrogen (secondary N) is 1. The molecule has 0 unspecified atom stereocenters. The second kappa shape index (κ2) is 4.28. The lowest BCUT2D eigenvalue weighted by atomic mass is 10.2. The van der Waals surface area contributed by atoms with Crippen molar-refractivity contribution in [2.45, 2.75) is 13.3 Å². The first-order valence-corrected chi connectivity index (χ1v) is 5.14. The largest absolute Gasteiger partial charge is 0.266 e. The van der Waals surface area contributed by atoms with E-state index in [4.69, 9.17) is 0 Å². The molecule has 2 heterocycles. The molecular weight excluding hydrogens is 186 g/mol. The van der Waals surface area contributed by atoms with Gasteiger partial charge in [-0.15, -0.1) is 0 Å². The number of rotatable bonds is 3. The summed E-state index contributed by atoms with van der Waals surface area (Å²) >= 11 is 0. The van der Waals surface area contributed by atoms with Crippen LogP contribution in [0.1, 0.15) is 12.5 Å². The zero-order valence-corrected chi connectivity index (χ0v) is 8.90. The van der Waals surface area contributed by atoms with Gasteiger partial charge in [-0.3, -0.25) is 5.01 Å². The Morgan fingerprint density at radius 1 is 1.60 bits per heavy atom. The molecule has 1 aliphatic heterocycles. The maximum atomic E-state index is 4.38. The van der Waals surface area contributed by atoms with Gasteiger partial charge in [-0.2, -0.15) is 0 Å². The van der Waals surface area contributed by atoms with Crippen molar-refractivity contribution in [3.63, 3.8) is 0 Å². The Balaban J connectivity index is 2.17. The summed E-state index contributed by atoms with van der Waals surface area (Å²) in [4.78, 5) is 4.38.